The van der Waals surface area contributed by atoms with E-state index < -0.39 is 4.92 Å². The molecule has 0 amide bonds. The first-order chi connectivity index (χ1) is 5.11. The molecule has 0 spiro atoms. The lowest BCUT2D eigenvalue weighted by Crippen LogP contribution is -2.04. The second-order valence-electron chi connectivity index (χ2n) is 2.22. The predicted molar refractivity (Wildman–Crippen MR) is 37.8 cm³/mol. The third-order valence-electron chi connectivity index (χ3n) is 1.25. The number of hydrogen-bond donors (Lipinski definition) is 2. The van der Waals surface area contributed by atoms with Gasteiger partial charge in [0, 0.05) is 6.04 Å². The molecule has 1 atom stereocenters. The van der Waals surface area contributed by atoms with Gasteiger partial charge in [-0.15, -0.1) is 5.10 Å². The molecule has 6 heteroatoms. The molecular formula is C5H8N4O2. The van der Waals surface area contributed by atoms with Crippen LogP contribution in [0.15, 0.2) is 6.07 Å². The summed E-state index contributed by atoms with van der Waals surface area (Å²) in [6, 6.07) is 1.05. The maximum atomic E-state index is 10.1. The zero-order chi connectivity index (χ0) is 8.43. The molecule has 1 aromatic rings. The minimum absolute atomic E-state index is 0.127. The van der Waals surface area contributed by atoms with Crippen molar-refractivity contribution >= 4 is 5.82 Å². The molecule has 1 heterocycles. The largest absolute Gasteiger partial charge is 0.358 e. The van der Waals surface area contributed by atoms with Gasteiger partial charge in [0.15, 0.2) is 0 Å². The smallest absolute Gasteiger partial charge is 0.342 e. The maximum Gasteiger partial charge on any atom is 0.342 e. The van der Waals surface area contributed by atoms with Crippen molar-refractivity contribution in [1.29, 1.82) is 0 Å². The number of rotatable bonds is 2. The summed E-state index contributed by atoms with van der Waals surface area (Å²) in [6.07, 6.45) is 0. The summed E-state index contributed by atoms with van der Waals surface area (Å²) >= 11 is 0. The van der Waals surface area contributed by atoms with E-state index in [1.165, 1.54) is 6.07 Å². The van der Waals surface area contributed by atoms with Gasteiger partial charge in [0.1, 0.15) is 5.69 Å². The first kappa shape index (κ1) is 7.67. The van der Waals surface area contributed by atoms with Crippen LogP contribution in [0.3, 0.4) is 0 Å². The van der Waals surface area contributed by atoms with Crippen molar-refractivity contribution in [3.8, 4) is 0 Å². The Labute approximate surface area is 62.6 Å². The summed E-state index contributed by atoms with van der Waals surface area (Å²) in [5.74, 6) is -0.127. The first-order valence-corrected chi connectivity index (χ1v) is 3.06. The van der Waals surface area contributed by atoms with Crippen LogP contribution in [0, 0.1) is 10.1 Å². The summed E-state index contributed by atoms with van der Waals surface area (Å²) in [5, 5.41) is 16.0. The normalized spacial score (nSPS) is 12.9. The summed E-state index contributed by atoms with van der Waals surface area (Å²) < 4.78 is 0. The van der Waals surface area contributed by atoms with E-state index in [1.807, 2.05) is 0 Å². The second-order valence-corrected chi connectivity index (χ2v) is 2.22. The van der Waals surface area contributed by atoms with Gasteiger partial charge in [0.25, 0.3) is 0 Å². The van der Waals surface area contributed by atoms with Crippen molar-refractivity contribution in [2.45, 2.75) is 13.0 Å². The average molecular weight is 156 g/mol. The van der Waals surface area contributed by atoms with Crippen molar-refractivity contribution in [3.05, 3.63) is 21.9 Å². The highest BCUT2D eigenvalue weighted by Crippen LogP contribution is 2.12. The summed E-state index contributed by atoms with van der Waals surface area (Å²) in [7, 11) is 0. The van der Waals surface area contributed by atoms with E-state index in [-0.39, 0.29) is 11.9 Å². The minimum Gasteiger partial charge on any atom is -0.358 e. The number of aromatic nitrogens is 2. The molecule has 0 radical (unpaired) electrons. The molecule has 0 saturated heterocycles. The lowest BCUT2D eigenvalue weighted by molar-refractivity contribution is -0.389. The molecule has 0 bridgehead atoms. The Bertz CT molecular complexity index is 267. The molecule has 1 rings (SSSR count). The van der Waals surface area contributed by atoms with Gasteiger partial charge in [-0.25, -0.2) is 0 Å². The van der Waals surface area contributed by atoms with Crippen molar-refractivity contribution in [2.24, 2.45) is 5.73 Å². The fourth-order valence-electron chi connectivity index (χ4n) is 0.653. The van der Waals surface area contributed by atoms with Gasteiger partial charge >= 0.3 is 5.82 Å². The van der Waals surface area contributed by atoms with Gasteiger partial charge in [0.05, 0.1) is 6.07 Å². The van der Waals surface area contributed by atoms with Crippen LogP contribution in [0.25, 0.3) is 0 Å². The van der Waals surface area contributed by atoms with E-state index in [4.69, 9.17) is 5.73 Å². The Balaban J connectivity index is 2.90. The third kappa shape index (κ3) is 1.53. The van der Waals surface area contributed by atoms with Crippen LogP contribution in [-0.4, -0.2) is 15.1 Å². The standard InChI is InChI=1S/C5H8N4O2/c1-3(6)4-2-5(8-7-4)9(10)11/h2-3H,6H2,1H3,(H,7,8)/t3-/m0/s1. The van der Waals surface area contributed by atoms with Gasteiger partial charge in [-0.05, 0) is 11.8 Å². The number of H-pyrrole nitrogens is 1. The Morgan fingerprint density at radius 2 is 2.55 bits per heavy atom. The van der Waals surface area contributed by atoms with Crippen molar-refractivity contribution in [2.75, 3.05) is 0 Å². The third-order valence-corrected chi connectivity index (χ3v) is 1.25. The Morgan fingerprint density at radius 1 is 1.91 bits per heavy atom. The summed E-state index contributed by atoms with van der Waals surface area (Å²) in [6.45, 7) is 1.71. The van der Waals surface area contributed by atoms with E-state index in [2.05, 4.69) is 10.2 Å². The van der Waals surface area contributed by atoms with Gasteiger partial charge in [0.2, 0.25) is 0 Å². The average Bonchev–Trinajstić information content (AvgIpc) is 2.33. The van der Waals surface area contributed by atoms with Crippen LogP contribution in [0.4, 0.5) is 5.82 Å². The second kappa shape index (κ2) is 2.67. The number of aromatic amines is 1. The summed E-state index contributed by atoms with van der Waals surface area (Å²) in [5.41, 5.74) is 5.92. The molecule has 0 aliphatic rings. The molecule has 0 aromatic carbocycles. The lowest BCUT2D eigenvalue weighted by Gasteiger charge is -1.93. The van der Waals surface area contributed by atoms with Gasteiger partial charge < -0.3 is 15.8 Å². The zero-order valence-corrected chi connectivity index (χ0v) is 5.94. The SMILES string of the molecule is C[C@H](N)c1cc([N+](=O)[O-])[nH]n1. The van der Waals surface area contributed by atoms with Gasteiger partial charge in [-0.1, -0.05) is 5.10 Å². The van der Waals surface area contributed by atoms with E-state index in [9.17, 15) is 10.1 Å². The molecule has 60 valence electrons. The highest BCUT2D eigenvalue weighted by Gasteiger charge is 2.11. The fraction of sp³-hybridized carbons (Fsp3) is 0.400. The monoisotopic (exact) mass is 156 g/mol. The molecule has 0 saturated carbocycles. The molecule has 3 N–H and O–H groups in total. The number of nitrogens with two attached hydrogens (primary N) is 1. The Kier molecular flexibility index (Phi) is 1.86. The van der Waals surface area contributed by atoms with E-state index in [0.29, 0.717) is 5.69 Å². The van der Waals surface area contributed by atoms with Crippen LogP contribution in [0.2, 0.25) is 0 Å². The van der Waals surface area contributed by atoms with Crippen LogP contribution >= 0.6 is 0 Å². The Hall–Kier alpha value is -1.43. The molecule has 0 unspecified atom stereocenters. The van der Waals surface area contributed by atoms with Crippen molar-refractivity contribution < 1.29 is 4.92 Å². The van der Waals surface area contributed by atoms with Crippen LogP contribution < -0.4 is 5.73 Å². The highest BCUT2D eigenvalue weighted by atomic mass is 16.6. The molecule has 6 nitrogen and oxygen atoms in total. The summed E-state index contributed by atoms with van der Waals surface area (Å²) in [4.78, 5) is 9.59. The first-order valence-electron chi connectivity index (χ1n) is 3.06. The number of nitro groups is 1. The zero-order valence-electron chi connectivity index (χ0n) is 5.94. The van der Waals surface area contributed by atoms with E-state index in [1.54, 1.807) is 6.92 Å². The molecule has 11 heavy (non-hydrogen) atoms. The van der Waals surface area contributed by atoms with E-state index >= 15 is 0 Å². The minimum atomic E-state index is -0.543. The van der Waals surface area contributed by atoms with Gasteiger partial charge in [-0.3, -0.25) is 0 Å². The number of hydrogen-bond acceptors (Lipinski definition) is 4. The Morgan fingerprint density at radius 3 is 2.82 bits per heavy atom. The lowest BCUT2D eigenvalue weighted by atomic mass is 10.2. The van der Waals surface area contributed by atoms with Crippen LogP contribution in [0.1, 0.15) is 18.7 Å². The molecule has 0 aliphatic heterocycles. The maximum absolute atomic E-state index is 10.1. The van der Waals surface area contributed by atoms with Crippen LogP contribution in [-0.2, 0) is 0 Å². The topological polar surface area (TPSA) is 97.8 Å². The van der Waals surface area contributed by atoms with E-state index in [0.717, 1.165) is 0 Å². The molecule has 0 fully saturated rings. The van der Waals surface area contributed by atoms with Crippen LogP contribution in [0.5, 0.6) is 0 Å². The molecular weight excluding hydrogens is 148 g/mol. The van der Waals surface area contributed by atoms with Crippen molar-refractivity contribution in [1.82, 2.24) is 10.2 Å². The highest BCUT2D eigenvalue weighted by molar-refractivity contribution is 5.22. The predicted octanol–water partition coefficient (Wildman–Crippen LogP) is 0.338. The quantitative estimate of drug-likeness (QED) is 0.476. The molecule has 0 aliphatic carbocycles. The van der Waals surface area contributed by atoms with Gasteiger partial charge in [-0.2, -0.15) is 0 Å². The number of nitrogens with zero attached hydrogens (tertiary/aromatic N) is 2. The fourth-order valence-corrected chi connectivity index (χ4v) is 0.653. The number of nitrogens with one attached hydrogen (secondary N) is 1. The van der Waals surface area contributed by atoms with Crippen molar-refractivity contribution in [3.63, 3.8) is 0 Å². The molecule has 1 aromatic heterocycles.